The summed E-state index contributed by atoms with van der Waals surface area (Å²) < 4.78 is 4.74. The number of aryl methyl sites for hydroxylation is 1. The van der Waals surface area contributed by atoms with E-state index in [9.17, 15) is 14.4 Å². The fraction of sp³-hybridized carbons (Fsp3) is 0.286. The SMILES string of the molecule is COC(=O)C(C)(C)CC(=O)c1cccc(NC(=O)Nc2ccc(Cl)cc2C)c1. The molecule has 0 spiro atoms. The summed E-state index contributed by atoms with van der Waals surface area (Å²) in [7, 11) is 1.29. The van der Waals surface area contributed by atoms with Crippen LogP contribution < -0.4 is 10.6 Å². The van der Waals surface area contributed by atoms with Crippen molar-refractivity contribution < 1.29 is 19.1 Å². The van der Waals surface area contributed by atoms with Gasteiger partial charge in [0.25, 0.3) is 0 Å². The Morgan fingerprint density at radius 3 is 2.43 bits per heavy atom. The standard InChI is InChI=1S/C21H23ClN2O4/c1-13-10-15(22)8-9-17(13)24-20(27)23-16-7-5-6-14(11-16)18(25)12-21(2,3)19(26)28-4/h5-11H,12H2,1-4H3,(H2,23,24,27). The summed E-state index contributed by atoms with van der Waals surface area (Å²) in [6.45, 7) is 5.14. The number of urea groups is 1. The number of carbonyl (C=O) groups excluding carboxylic acids is 3. The zero-order valence-corrected chi connectivity index (χ0v) is 17.0. The van der Waals surface area contributed by atoms with Crippen LogP contribution in [0, 0.1) is 12.3 Å². The van der Waals surface area contributed by atoms with Crippen LogP contribution in [0.4, 0.5) is 16.2 Å². The van der Waals surface area contributed by atoms with Crippen LogP contribution in [0.15, 0.2) is 42.5 Å². The van der Waals surface area contributed by atoms with Crippen LogP contribution in [0.2, 0.25) is 5.02 Å². The molecule has 0 radical (unpaired) electrons. The highest BCUT2D eigenvalue weighted by atomic mass is 35.5. The Morgan fingerprint density at radius 1 is 1.07 bits per heavy atom. The van der Waals surface area contributed by atoms with E-state index in [4.69, 9.17) is 16.3 Å². The van der Waals surface area contributed by atoms with Crippen LogP contribution >= 0.6 is 11.6 Å². The van der Waals surface area contributed by atoms with Crippen LogP contribution in [-0.4, -0.2) is 24.9 Å². The van der Waals surface area contributed by atoms with Crippen molar-refractivity contribution in [2.45, 2.75) is 27.2 Å². The van der Waals surface area contributed by atoms with Crippen molar-refractivity contribution in [3.63, 3.8) is 0 Å². The lowest BCUT2D eigenvalue weighted by Gasteiger charge is -2.20. The van der Waals surface area contributed by atoms with Crippen LogP contribution in [0.5, 0.6) is 0 Å². The summed E-state index contributed by atoms with van der Waals surface area (Å²) in [6.07, 6.45) is -0.000702. The van der Waals surface area contributed by atoms with Gasteiger partial charge in [-0.25, -0.2) is 4.79 Å². The van der Waals surface area contributed by atoms with Crippen molar-refractivity contribution in [3.05, 3.63) is 58.6 Å². The molecular weight excluding hydrogens is 380 g/mol. The number of esters is 1. The number of carbonyl (C=O) groups is 3. The molecule has 2 amide bonds. The summed E-state index contributed by atoms with van der Waals surface area (Å²) in [5, 5.41) is 6.03. The van der Waals surface area contributed by atoms with Gasteiger partial charge in [0, 0.05) is 28.4 Å². The van der Waals surface area contributed by atoms with Crippen LogP contribution in [-0.2, 0) is 9.53 Å². The maximum Gasteiger partial charge on any atom is 0.323 e. The van der Waals surface area contributed by atoms with Crippen molar-refractivity contribution in [1.29, 1.82) is 0 Å². The molecule has 2 aromatic rings. The number of amides is 2. The van der Waals surface area contributed by atoms with E-state index in [1.165, 1.54) is 7.11 Å². The minimum atomic E-state index is -0.932. The van der Waals surface area contributed by atoms with Crippen molar-refractivity contribution in [2.24, 2.45) is 5.41 Å². The number of benzene rings is 2. The van der Waals surface area contributed by atoms with E-state index in [2.05, 4.69) is 10.6 Å². The molecule has 0 aromatic heterocycles. The Bertz CT molecular complexity index is 909. The number of hydrogen-bond donors (Lipinski definition) is 2. The van der Waals surface area contributed by atoms with Gasteiger partial charge in [-0.05, 0) is 56.7 Å². The van der Waals surface area contributed by atoms with Crippen molar-refractivity contribution in [1.82, 2.24) is 0 Å². The summed E-state index contributed by atoms with van der Waals surface area (Å²) in [4.78, 5) is 36.6. The van der Waals surface area contributed by atoms with Gasteiger partial charge < -0.3 is 15.4 Å². The molecular formula is C21H23ClN2O4. The summed E-state index contributed by atoms with van der Waals surface area (Å²) in [5.41, 5.74) is 1.40. The van der Waals surface area contributed by atoms with Gasteiger partial charge in [0.1, 0.15) is 0 Å². The molecule has 0 aliphatic rings. The Balaban J connectivity index is 2.07. The second kappa shape index (κ2) is 8.89. The number of methoxy groups -OCH3 is 1. The molecule has 0 aliphatic heterocycles. The second-order valence-electron chi connectivity index (χ2n) is 7.09. The summed E-state index contributed by atoms with van der Waals surface area (Å²) in [6, 6.07) is 11.3. The average molecular weight is 403 g/mol. The molecule has 0 heterocycles. The third-order valence-corrected chi connectivity index (χ3v) is 4.45. The molecule has 7 heteroatoms. The fourth-order valence-electron chi connectivity index (χ4n) is 2.67. The first-order valence-electron chi connectivity index (χ1n) is 8.68. The van der Waals surface area contributed by atoms with E-state index in [0.717, 1.165) is 5.56 Å². The molecule has 2 aromatic carbocycles. The number of ketones is 1. The molecule has 0 saturated carbocycles. The molecule has 0 bridgehead atoms. The van der Waals surface area contributed by atoms with Crippen molar-refractivity contribution in [3.8, 4) is 0 Å². The molecule has 0 aliphatic carbocycles. The highest BCUT2D eigenvalue weighted by Gasteiger charge is 2.31. The quantitative estimate of drug-likeness (QED) is 0.522. The lowest BCUT2D eigenvalue weighted by Crippen LogP contribution is -2.28. The molecule has 148 valence electrons. The van der Waals surface area contributed by atoms with Gasteiger partial charge in [-0.2, -0.15) is 0 Å². The Morgan fingerprint density at radius 2 is 1.79 bits per heavy atom. The Kier molecular flexibility index (Phi) is 6.80. The predicted molar refractivity (Wildman–Crippen MR) is 110 cm³/mol. The maximum absolute atomic E-state index is 12.5. The third-order valence-electron chi connectivity index (χ3n) is 4.22. The number of rotatable bonds is 6. The van der Waals surface area contributed by atoms with Crippen molar-refractivity contribution in [2.75, 3.05) is 17.7 Å². The number of hydrogen-bond acceptors (Lipinski definition) is 4. The molecule has 0 fully saturated rings. The van der Waals surface area contributed by atoms with Gasteiger partial charge in [-0.1, -0.05) is 23.7 Å². The van der Waals surface area contributed by atoms with E-state index >= 15 is 0 Å². The van der Waals surface area contributed by atoms with E-state index < -0.39 is 17.4 Å². The predicted octanol–water partition coefficient (Wildman–Crippen LogP) is 5.06. The third kappa shape index (κ3) is 5.57. The number of Topliss-reactive ketones (excluding diaryl/α,β-unsaturated/α-hetero) is 1. The van der Waals surface area contributed by atoms with Crippen LogP contribution in [0.3, 0.4) is 0 Å². The lowest BCUT2D eigenvalue weighted by molar-refractivity contribution is -0.150. The molecule has 0 unspecified atom stereocenters. The number of ether oxygens (including phenoxy) is 1. The summed E-state index contributed by atoms with van der Waals surface area (Å²) in [5.74, 6) is -0.666. The van der Waals surface area contributed by atoms with Gasteiger partial charge in [-0.15, -0.1) is 0 Å². The number of anilines is 2. The molecule has 0 atom stereocenters. The zero-order valence-electron chi connectivity index (χ0n) is 16.3. The largest absolute Gasteiger partial charge is 0.469 e. The monoisotopic (exact) mass is 402 g/mol. The second-order valence-corrected chi connectivity index (χ2v) is 7.53. The Hall–Kier alpha value is -2.86. The zero-order chi connectivity index (χ0) is 20.9. The Labute approximate surface area is 169 Å². The van der Waals surface area contributed by atoms with Gasteiger partial charge in [0.05, 0.1) is 12.5 Å². The molecule has 28 heavy (non-hydrogen) atoms. The lowest BCUT2D eigenvalue weighted by atomic mass is 9.85. The first-order chi connectivity index (χ1) is 13.1. The minimum Gasteiger partial charge on any atom is -0.469 e. The van der Waals surface area contributed by atoms with Gasteiger partial charge in [0.15, 0.2) is 5.78 Å². The van der Waals surface area contributed by atoms with Crippen molar-refractivity contribution >= 4 is 40.8 Å². The smallest absolute Gasteiger partial charge is 0.323 e. The fourth-order valence-corrected chi connectivity index (χ4v) is 2.90. The van der Waals surface area contributed by atoms with E-state index in [1.54, 1.807) is 56.3 Å². The van der Waals surface area contributed by atoms with Crippen LogP contribution in [0.1, 0.15) is 36.2 Å². The minimum absolute atomic E-state index is 0.000702. The first kappa shape index (κ1) is 21.4. The van der Waals surface area contributed by atoms with Gasteiger partial charge in [-0.3, -0.25) is 9.59 Å². The molecule has 6 nitrogen and oxygen atoms in total. The first-order valence-corrected chi connectivity index (χ1v) is 9.06. The van der Waals surface area contributed by atoms with Gasteiger partial charge in [0.2, 0.25) is 0 Å². The number of nitrogens with one attached hydrogen (secondary N) is 2. The van der Waals surface area contributed by atoms with E-state index in [0.29, 0.717) is 22.0 Å². The molecule has 2 rings (SSSR count). The topological polar surface area (TPSA) is 84.5 Å². The van der Waals surface area contributed by atoms with Crippen LogP contribution in [0.25, 0.3) is 0 Å². The molecule has 2 N–H and O–H groups in total. The highest BCUT2D eigenvalue weighted by molar-refractivity contribution is 6.30. The number of halogens is 1. The highest BCUT2D eigenvalue weighted by Crippen LogP contribution is 2.25. The summed E-state index contributed by atoms with van der Waals surface area (Å²) >= 11 is 5.92. The van der Waals surface area contributed by atoms with Gasteiger partial charge >= 0.3 is 12.0 Å². The van der Waals surface area contributed by atoms with E-state index in [-0.39, 0.29) is 12.2 Å². The maximum atomic E-state index is 12.5. The normalized spacial score (nSPS) is 10.9. The molecule has 0 saturated heterocycles. The average Bonchev–Trinajstić information content (AvgIpc) is 2.63. The van der Waals surface area contributed by atoms with E-state index in [1.807, 2.05) is 6.92 Å².